The Labute approximate surface area is 196 Å². The van der Waals surface area contributed by atoms with Gasteiger partial charge in [-0.25, -0.2) is 9.97 Å². The molecule has 1 saturated heterocycles. The van der Waals surface area contributed by atoms with Crippen LogP contribution in [0.4, 0.5) is 27.7 Å². The van der Waals surface area contributed by atoms with Gasteiger partial charge in [0.1, 0.15) is 11.9 Å². The Morgan fingerprint density at radius 2 is 2.15 bits per heavy atom. The molecule has 1 aliphatic carbocycles. The third-order valence-corrected chi connectivity index (χ3v) is 6.28. The van der Waals surface area contributed by atoms with Crippen molar-refractivity contribution < 1.29 is 14.3 Å². The Hall–Kier alpha value is -3.60. The maximum absolute atomic E-state index is 13.1. The predicted molar refractivity (Wildman–Crippen MR) is 124 cm³/mol. The lowest BCUT2D eigenvalue weighted by molar-refractivity contribution is -0.117. The lowest BCUT2D eigenvalue weighted by Crippen LogP contribution is -2.40. The Morgan fingerprint density at radius 1 is 1.29 bits per heavy atom. The first kappa shape index (κ1) is 22.2. The number of halogens is 1. The van der Waals surface area contributed by atoms with E-state index in [1.54, 1.807) is 0 Å². The van der Waals surface area contributed by atoms with E-state index in [1.165, 1.54) is 18.3 Å². The maximum Gasteiger partial charge on any atom is 0.247 e. The zero-order valence-corrected chi connectivity index (χ0v) is 19.0. The van der Waals surface area contributed by atoms with E-state index >= 15 is 0 Å². The third-order valence-electron chi connectivity index (χ3n) is 6.28. The van der Waals surface area contributed by atoms with E-state index in [9.17, 15) is 14.3 Å². The van der Waals surface area contributed by atoms with E-state index in [0.717, 1.165) is 17.7 Å². The van der Waals surface area contributed by atoms with Crippen molar-refractivity contribution in [2.75, 3.05) is 22.1 Å². The first-order valence-corrected chi connectivity index (χ1v) is 11.5. The number of rotatable bonds is 6. The van der Waals surface area contributed by atoms with E-state index in [4.69, 9.17) is 4.98 Å². The summed E-state index contributed by atoms with van der Waals surface area (Å²) in [5.74, 6) is 1.07. The van der Waals surface area contributed by atoms with E-state index in [0.29, 0.717) is 60.7 Å². The van der Waals surface area contributed by atoms with Crippen molar-refractivity contribution in [3.8, 4) is 0 Å². The molecule has 11 heteroatoms. The number of carbonyl (C=O) groups excluding carboxylic acids is 1. The van der Waals surface area contributed by atoms with Crippen molar-refractivity contribution in [2.24, 2.45) is 0 Å². The van der Waals surface area contributed by atoms with Gasteiger partial charge in [-0.2, -0.15) is 14.5 Å². The van der Waals surface area contributed by atoms with Gasteiger partial charge in [-0.3, -0.25) is 9.89 Å². The molecular formula is C23H27FN8O2. The standard InChI is InChI=1S/C23H27FN8O2/c1-12(2)15-10-19(31-30-15)27-21-14-6-7-17(33)20(14)28-23(29-21)32-9-3-4-16(32)22(34)26-13-5-8-18(24)25-11-13/h5,8,10-12,16-17,33H,3-4,6-7,9H2,1-2H3,(H,26,34)(H2,27,28,29,30,31)/t16?,17-/m1/s1. The van der Waals surface area contributed by atoms with Gasteiger partial charge in [0.2, 0.25) is 17.8 Å². The number of hydrogen-bond donors (Lipinski definition) is 4. The molecule has 4 heterocycles. The molecule has 2 atom stereocenters. The molecule has 3 aromatic rings. The van der Waals surface area contributed by atoms with Crippen LogP contribution in [0.1, 0.15) is 62.1 Å². The monoisotopic (exact) mass is 466 g/mol. The number of carbonyl (C=O) groups is 1. The summed E-state index contributed by atoms with van der Waals surface area (Å²) in [6, 6.07) is 4.11. The van der Waals surface area contributed by atoms with Gasteiger partial charge in [0.25, 0.3) is 0 Å². The second kappa shape index (κ2) is 8.98. The molecule has 0 spiro atoms. The molecule has 4 N–H and O–H groups in total. The van der Waals surface area contributed by atoms with Crippen molar-refractivity contribution in [3.63, 3.8) is 0 Å². The van der Waals surface area contributed by atoms with Gasteiger partial charge in [0.05, 0.1) is 23.7 Å². The quantitative estimate of drug-likeness (QED) is 0.407. The van der Waals surface area contributed by atoms with Crippen molar-refractivity contribution in [2.45, 2.75) is 57.6 Å². The number of nitrogens with one attached hydrogen (secondary N) is 3. The SMILES string of the molecule is CC(C)c1cc(Nc2nc(N3CCCC3C(=O)Nc3ccc(F)nc3)nc3c2CC[C@H]3O)n[nH]1. The highest BCUT2D eigenvalue weighted by Crippen LogP contribution is 2.37. The number of pyridine rings is 1. The molecule has 2 aliphatic rings. The fourth-order valence-corrected chi connectivity index (χ4v) is 4.43. The predicted octanol–water partition coefficient (Wildman–Crippen LogP) is 3.19. The number of aliphatic hydroxyl groups is 1. The van der Waals surface area contributed by atoms with Crippen LogP contribution in [-0.4, -0.2) is 48.7 Å². The number of H-pyrrole nitrogens is 1. The molecule has 0 aromatic carbocycles. The Morgan fingerprint density at radius 3 is 2.88 bits per heavy atom. The van der Waals surface area contributed by atoms with Crippen molar-refractivity contribution in [1.82, 2.24) is 25.1 Å². The van der Waals surface area contributed by atoms with Gasteiger partial charge in [-0.05, 0) is 43.7 Å². The average Bonchev–Trinajstić information content (AvgIpc) is 3.56. The summed E-state index contributed by atoms with van der Waals surface area (Å²) in [6.45, 7) is 4.76. The lowest BCUT2D eigenvalue weighted by atomic mass is 10.1. The van der Waals surface area contributed by atoms with Crippen LogP contribution in [0.15, 0.2) is 24.4 Å². The molecule has 0 saturated carbocycles. The molecule has 1 amide bonds. The first-order chi connectivity index (χ1) is 16.4. The van der Waals surface area contributed by atoms with E-state index in [2.05, 4.69) is 44.6 Å². The summed E-state index contributed by atoms with van der Waals surface area (Å²) in [5, 5.41) is 24.0. The fourth-order valence-electron chi connectivity index (χ4n) is 4.43. The van der Waals surface area contributed by atoms with Crippen LogP contribution in [0.5, 0.6) is 0 Å². The fraction of sp³-hybridized carbons (Fsp3) is 0.435. The number of nitrogens with zero attached hydrogens (tertiary/aromatic N) is 5. The summed E-state index contributed by atoms with van der Waals surface area (Å²) in [6.07, 6.45) is 3.25. The van der Waals surface area contributed by atoms with Crippen LogP contribution in [-0.2, 0) is 11.2 Å². The van der Waals surface area contributed by atoms with Gasteiger partial charge in [0.15, 0.2) is 5.82 Å². The highest BCUT2D eigenvalue weighted by atomic mass is 19.1. The van der Waals surface area contributed by atoms with Crippen LogP contribution >= 0.6 is 0 Å². The van der Waals surface area contributed by atoms with E-state index < -0.39 is 18.1 Å². The molecule has 0 radical (unpaired) electrons. The number of hydrogen-bond acceptors (Lipinski definition) is 8. The first-order valence-electron chi connectivity index (χ1n) is 11.5. The molecule has 5 rings (SSSR count). The van der Waals surface area contributed by atoms with Crippen molar-refractivity contribution in [3.05, 3.63) is 47.3 Å². The van der Waals surface area contributed by atoms with Crippen molar-refractivity contribution in [1.29, 1.82) is 0 Å². The number of anilines is 4. The smallest absolute Gasteiger partial charge is 0.247 e. The van der Waals surface area contributed by atoms with E-state index in [1.807, 2.05) is 11.0 Å². The van der Waals surface area contributed by atoms with Crippen LogP contribution in [0.2, 0.25) is 0 Å². The van der Waals surface area contributed by atoms with E-state index in [-0.39, 0.29) is 5.91 Å². The summed E-state index contributed by atoms with van der Waals surface area (Å²) < 4.78 is 13.1. The Balaban J connectivity index is 1.42. The number of amides is 1. The van der Waals surface area contributed by atoms with Gasteiger partial charge in [-0.15, -0.1) is 0 Å². The van der Waals surface area contributed by atoms with Gasteiger partial charge in [-0.1, -0.05) is 13.8 Å². The number of fused-ring (bicyclic) bond motifs is 1. The molecule has 178 valence electrons. The Kier molecular flexibility index (Phi) is 5.86. The molecular weight excluding hydrogens is 439 g/mol. The lowest BCUT2D eigenvalue weighted by Gasteiger charge is -2.25. The van der Waals surface area contributed by atoms with Gasteiger partial charge < -0.3 is 20.6 Å². The molecule has 0 bridgehead atoms. The molecule has 1 aliphatic heterocycles. The summed E-state index contributed by atoms with van der Waals surface area (Å²) in [5.41, 5.74) is 2.87. The van der Waals surface area contributed by atoms with Gasteiger partial charge >= 0.3 is 0 Å². The highest BCUT2D eigenvalue weighted by molar-refractivity contribution is 5.96. The summed E-state index contributed by atoms with van der Waals surface area (Å²) >= 11 is 0. The van der Waals surface area contributed by atoms with Crippen LogP contribution < -0.4 is 15.5 Å². The topological polar surface area (TPSA) is 132 Å². The highest BCUT2D eigenvalue weighted by Gasteiger charge is 2.35. The zero-order chi connectivity index (χ0) is 23.8. The molecule has 3 aromatic heterocycles. The van der Waals surface area contributed by atoms with Crippen LogP contribution in [0, 0.1) is 5.95 Å². The molecule has 1 unspecified atom stereocenters. The third kappa shape index (κ3) is 4.30. The number of aromatic amines is 1. The second-order valence-corrected chi connectivity index (χ2v) is 8.99. The Bertz CT molecular complexity index is 1200. The molecule has 1 fully saturated rings. The minimum absolute atomic E-state index is 0.237. The largest absolute Gasteiger partial charge is 0.387 e. The van der Waals surface area contributed by atoms with Gasteiger partial charge in [0, 0.05) is 23.9 Å². The number of aromatic nitrogens is 5. The summed E-state index contributed by atoms with van der Waals surface area (Å²) in [7, 11) is 0. The summed E-state index contributed by atoms with van der Waals surface area (Å²) in [4.78, 5) is 27.9. The zero-order valence-electron chi connectivity index (χ0n) is 19.0. The normalized spacial score (nSPS) is 19.5. The minimum atomic E-state index is -0.678. The maximum atomic E-state index is 13.1. The second-order valence-electron chi connectivity index (χ2n) is 8.99. The minimum Gasteiger partial charge on any atom is -0.387 e. The van der Waals surface area contributed by atoms with Crippen LogP contribution in [0.3, 0.4) is 0 Å². The van der Waals surface area contributed by atoms with Crippen molar-refractivity contribution >= 4 is 29.2 Å². The number of aliphatic hydroxyl groups excluding tert-OH is 1. The molecule has 10 nitrogen and oxygen atoms in total. The average molecular weight is 467 g/mol. The molecule has 34 heavy (non-hydrogen) atoms. The van der Waals surface area contributed by atoms with Crippen LogP contribution in [0.25, 0.3) is 0 Å².